The van der Waals surface area contributed by atoms with Crippen molar-refractivity contribution in [2.75, 3.05) is 19.0 Å². The number of benzene rings is 1. The maximum absolute atomic E-state index is 12.4. The molecule has 1 aromatic heterocycles. The standard InChI is InChI=1S/C16H15Cl2N3O2/c1-23-15-6-11-9-21(5-4-10(11)8-19-15)16(22)20-12-2-3-13(17)14(18)7-12/h2-3,6-8H,4-5,9H2,1H3,(H,20,22). The van der Waals surface area contributed by atoms with Crippen molar-refractivity contribution in [2.45, 2.75) is 13.0 Å². The Balaban J connectivity index is 1.72. The fourth-order valence-electron chi connectivity index (χ4n) is 2.48. The molecule has 2 aromatic rings. The Kier molecular flexibility index (Phi) is 4.59. The van der Waals surface area contributed by atoms with Crippen molar-refractivity contribution in [3.8, 4) is 5.88 Å². The van der Waals surface area contributed by atoms with Gasteiger partial charge in [0.05, 0.1) is 17.2 Å². The molecule has 23 heavy (non-hydrogen) atoms. The number of urea groups is 1. The van der Waals surface area contributed by atoms with Gasteiger partial charge in [-0.3, -0.25) is 0 Å². The molecule has 0 saturated carbocycles. The quantitative estimate of drug-likeness (QED) is 0.889. The molecule has 0 saturated heterocycles. The molecule has 0 unspecified atom stereocenters. The highest BCUT2D eigenvalue weighted by molar-refractivity contribution is 6.42. The lowest BCUT2D eigenvalue weighted by Gasteiger charge is -2.29. The van der Waals surface area contributed by atoms with Crippen LogP contribution in [0.1, 0.15) is 11.1 Å². The number of fused-ring (bicyclic) bond motifs is 1. The highest BCUT2D eigenvalue weighted by Gasteiger charge is 2.21. The van der Waals surface area contributed by atoms with Crippen LogP contribution >= 0.6 is 23.2 Å². The molecule has 1 aromatic carbocycles. The lowest BCUT2D eigenvalue weighted by Crippen LogP contribution is -2.38. The number of carbonyl (C=O) groups is 1. The third kappa shape index (κ3) is 3.51. The number of methoxy groups -OCH3 is 1. The molecular formula is C16H15Cl2N3O2. The van der Waals surface area contributed by atoms with Gasteiger partial charge in [-0.15, -0.1) is 0 Å². The third-order valence-electron chi connectivity index (χ3n) is 3.74. The molecule has 1 aliphatic heterocycles. The fraction of sp³-hybridized carbons (Fsp3) is 0.250. The van der Waals surface area contributed by atoms with E-state index in [-0.39, 0.29) is 6.03 Å². The number of aromatic nitrogens is 1. The van der Waals surface area contributed by atoms with Crippen LogP contribution in [0.25, 0.3) is 0 Å². The monoisotopic (exact) mass is 351 g/mol. The van der Waals surface area contributed by atoms with Crippen LogP contribution in [0.2, 0.25) is 10.0 Å². The van der Waals surface area contributed by atoms with Gasteiger partial charge in [-0.1, -0.05) is 23.2 Å². The highest BCUT2D eigenvalue weighted by atomic mass is 35.5. The van der Waals surface area contributed by atoms with Crippen molar-refractivity contribution >= 4 is 34.9 Å². The molecule has 2 amide bonds. The Bertz CT molecular complexity index is 752. The number of pyridine rings is 1. The van der Waals surface area contributed by atoms with Gasteiger partial charge in [0.15, 0.2) is 0 Å². The van der Waals surface area contributed by atoms with Crippen LogP contribution in [-0.2, 0) is 13.0 Å². The molecule has 3 rings (SSSR count). The van der Waals surface area contributed by atoms with Crippen LogP contribution < -0.4 is 10.1 Å². The Morgan fingerprint density at radius 2 is 2.09 bits per heavy atom. The van der Waals surface area contributed by atoms with Crippen molar-refractivity contribution in [1.29, 1.82) is 0 Å². The summed E-state index contributed by atoms with van der Waals surface area (Å²) in [5.41, 5.74) is 2.80. The molecule has 0 spiro atoms. The molecule has 0 radical (unpaired) electrons. The zero-order valence-corrected chi connectivity index (χ0v) is 14.0. The minimum Gasteiger partial charge on any atom is -0.481 e. The molecule has 120 valence electrons. The van der Waals surface area contributed by atoms with Gasteiger partial charge in [0.1, 0.15) is 0 Å². The van der Waals surface area contributed by atoms with Crippen molar-refractivity contribution < 1.29 is 9.53 Å². The predicted octanol–water partition coefficient (Wildman–Crippen LogP) is 3.99. The minimum absolute atomic E-state index is 0.176. The number of anilines is 1. The Morgan fingerprint density at radius 1 is 1.26 bits per heavy atom. The lowest BCUT2D eigenvalue weighted by molar-refractivity contribution is 0.206. The van der Waals surface area contributed by atoms with E-state index in [9.17, 15) is 4.79 Å². The van der Waals surface area contributed by atoms with Crippen LogP contribution in [0.3, 0.4) is 0 Å². The molecule has 5 nitrogen and oxygen atoms in total. The summed E-state index contributed by atoms with van der Waals surface area (Å²) in [5, 5.41) is 3.70. The number of halogens is 2. The third-order valence-corrected chi connectivity index (χ3v) is 4.48. The number of hydrogen-bond donors (Lipinski definition) is 1. The summed E-state index contributed by atoms with van der Waals surface area (Å²) in [6.45, 7) is 1.15. The molecule has 0 bridgehead atoms. The number of amides is 2. The van der Waals surface area contributed by atoms with E-state index >= 15 is 0 Å². The van der Waals surface area contributed by atoms with Gasteiger partial charge in [0.25, 0.3) is 0 Å². The first kappa shape index (κ1) is 15.9. The smallest absolute Gasteiger partial charge is 0.322 e. The lowest BCUT2D eigenvalue weighted by atomic mass is 10.0. The van der Waals surface area contributed by atoms with Gasteiger partial charge in [-0.05, 0) is 35.7 Å². The van der Waals surface area contributed by atoms with Crippen molar-refractivity contribution in [3.05, 3.63) is 51.6 Å². The van der Waals surface area contributed by atoms with Gasteiger partial charge in [-0.2, -0.15) is 0 Å². The van der Waals surface area contributed by atoms with Gasteiger partial charge in [0, 0.05) is 31.0 Å². The molecule has 0 fully saturated rings. The molecule has 0 aliphatic carbocycles. The van der Waals surface area contributed by atoms with Crippen LogP contribution in [-0.4, -0.2) is 29.6 Å². The molecule has 1 aliphatic rings. The second-order valence-corrected chi connectivity index (χ2v) is 6.04. The Hall–Kier alpha value is -1.98. The van der Waals surface area contributed by atoms with Crippen molar-refractivity contribution in [3.63, 3.8) is 0 Å². The predicted molar refractivity (Wildman–Crippen MR) is 90.4 cm³/mol. The molecule has 7 heteroatoms. The van der Waals surface area contributed by atoms with Crippen LogP contribution in [0.15, 0.2) is 30.5 Å². The topological polar surface area (TPSA) is 54.5 Å². The Morgan fingerprint density at radius 3 is 2.83 bits per heavy atom. The number of hydrogen-bond acceptors (Lipinski definition) is 3. The maximum atomic E-state index is 12.4. The van der Waals surface area contributed by atoms with Gasteiger partial charge in [0.2, 0.25) is 5.88 Å². The minimum atomic E-state index is -0.176. The van der Waals surface area contributed by atoms with E-state index in [1.807, 2.05) is 12.3 Å². The number of rotatable bonds is 2. The van der Waals surface area contributed by atoms with Crippen molar-refractivity contribution in [1.82, 2.24) is 9.88 Å². The summed E-state index contributed by atoms with van der Waals surface area (Å²) in [6.07, 6.45) is 2.57. The van der Waals surface area contributed by atoms with Crippen LogP contribution in [0, 0.1) is 0 Å². The summed E-state index contributed by atoms with van der Waals surface area (Å²) in [6, 6.07) is 6.70. The van der Waals surface area contributed by atoms with E-state index < -0.39 is 0 Å². The van der Waals surface area contributed by atoms with Gasteiger partial charge < -0.3 is 15.0 Å². The summed E-state index contributed by atoms with van der Waals surface area (Å²) < 4.78 is 5.14. The van der Waals surface area contributed by atoms with E-state index in [2.05, 4.69) is 10.3 Å². The summed E-state index contributed by atoms with van der Waals surface area (Å²) in [7, 11) is 1.58. The number of ether oxygens (including phenoxy) is 1. The van der Waals surface area contributed by atoms with Gasteiger partial charge in [-0.25, -0.2) is 9.78 Å². The molecular weight excluding hydrogens is 337 g/mol. The zero-order chi connectivity index (χ0) is 16.4. The van der Waals surface area contributed by atoms with Crippen LogP contribution in [0.5, 0.6) is 5.88 Å². The van der Waals surface area contributed by atoms with E-state index in [0.29, 0.717) is 34.7 Å². The van der Waals surface area contributed by atoms with Crippen molar-refractivity contribution in [2.24, 2.45) is 0 Å². The van der Waals surface area contributed by atoms with Gasteiger partial charge >= 0.3 is 6.03 Å². The first-order chi connectivity index (χ1) is 11.1. The fourth-order valence-corrected chi connectivity index (χ4v) is 2.78. The average Bonchev–Trinajstić information content (AvgIpc) is 2.57. The zero-order valence-electron chi connectivity index (χ0n) is 12.5. The van der Waals surface area contributed by atoms with Crippen LogP contribution in [0.4, 0.5) is 10.5 Å². The van der Waals surface area contributed by atoms with E-state index in [0.717, 1.165) is 17.5 Å². The van der Waals surface area contributed by atoms with E-state index in [4.69, 9.17) is 27.9 Å². The Labute approximate surface area is 144 Å². The van der Waals surface area contributed by atoms with E-state index in [1.165, 1.54) is 0 Å². The normalized spacial score (nSPS) is 13.4. The number of carbonyl (C=O) groups excluding carboxylic acids is 1. The summed E-state index contributed by atoms with van der Waals surface area (Å²) in [4.78, 5) is 18.4. The average molecular weight is 352 g/mol. The molecule has 0 atom stereocenters. The van der Waals surface area contributed by atoms with E-state index in [1.54, 1.807) is 30.2 Å². The number of nitrogens with one attached hydrogen (secondary N) is 1. The SMILES string of the molecule is COc1cc2c(cn1)CCN(C(=O)Nc1ccc(Cl)c(Cl)c1)C2. The number of nitrogens with zero attached hydrogens (tertiary/aromatic N) is 2. The molecule has 2 heterocycles. The molecule has 1 N–H and O–H groups in total. The summed E-state index contributed by atoms with van der Waals surface area (Å²) >= 11 is 11.8. The second kappa shape index (κ2) is 6.64. The largest absolute Gasteiger partial charge is 0.481 e. The highest BCUT2D eigenvalue weighted by Crippen LogP contribution is 2.26. The maximum Gasteiger partial charge on any atom is 0.322 e. The summed E-state index contributed by atoms with van der Waals surface area (Å²) in [5.74, 6) is 0.551. The first-order valence-corrected chi connectivity index (χ1v) is 7.85. The first-order valence-electron chi connectivity index (χ1n) is 7.09. The second-order valence-electron chi connectivity index (χ2n) is 5.23.